The Kier molecular flexibility index (Phi) is 4.88. The molecule has 0 bridgehead atoms. The van der Waals surface area contributed by atoms with Gasteiger partial charge in [0, 0.05) is 43.2 Å². The van der Waals surface area contributed by atoms with Gasteiger partial charge in [-0.1, -0.05) is 0 Å². The smallest absolute Gasteiger partial charge is 0.317 e. The fourth-order valence-electron chi connectivity index (χ4n) is 2.49. The van der Waals surface area contributed by atoms with Crippen LogP contribution in [0.1, 0.15) is 45.1 Å². The number of amides is 2. The molecule has 0 unspecified atom stereocenters. The van der Waals surface area contributed by atoms with Gasteiger partial charge in [-0.15, -0.1) is 0 Å². The van der Waals surface area contributed by atoms with E-state index in [4.69, 9.17) is 4.74 Å². The van der Waals surface area contributed by atoms with Crippen LogP contribution in [-0.2, 0) is 0 Å². The first-order valence-corrected chi connectivity index (χ1v) is 7.79. The maximum Gasteiger partial charge on any atom is 0.317 e. The van der Waals surface area contributed by atoms with Crippen molar-refractivity contribution in [3.05, 3.63) is 17.6 Å². The zero-order chi connectivity index (χ0) is 16.3. The summed E-state index contributed by atoms with van der Waals surface area (Å²) in [4.78, 5) is 22.5. The van der Waals surface area contributed by atoms with E-state index in [1.54, 1.807) is 0 Å². The van der Waals surface area contributed by atoms with Crippen molar-refractivity contribution in [1.82, 2.24) is 20.2 Å². The minimum Gasteiger partial charge on any atom is -0.474 e. The Balaban J connectivity index is 1.86. The number of hydrogen-bond donors (Lipinski definition) is 1. The predicted octanol–water partition coefficient (Wildman–Crippen LogP) is 2.44. The van der Waals surface area contributed by atoms with E-state index < -0.39 is 0 Å². The lowest BCUT2D eigenvalue weighted by Crippen LogP contribution is -2.51. The fraction of sp³-hybridized carbons (Fsp3) is 0.688. The summed E-state index contributed by atoms with van der Waals surface area (Å²) in [5, 5.41) is 2.99. The molecule has 1 saturated heterocycles. The van der Waals surface area contributed by atoms with Gasteiger partial charge < -0.3 is 15.0 Å². The van der Waals surface area contributed by atoms with E-state index in [0.29, 0.717) is 19.0 Å². The number of likely N-dealkylation sites (tertiary alicyclic amines) is 1. The van der Waals surface area contributed by atoms with E-state index in [9.17, 15) is 4.79 Å². The maximum absolute atomic E-state index is 12.1. The second kappa shape index (κ2) is 6.50. The van der Waals surface area contributed by atoms with Crippen molar-refractivity contribution in [1.29, 1.82) is 0 Å². The molecule has 1 aliphatic heterocycles. The Bertz CT molecular complexity index is 511. The van der Waals surface area contributed by atoms with Crippen molar-refractivity contribution in [2.45, 2.75) is 59.1 Å². The zero-order valence-electron chi connectivity index (χ0n) is 14.1. The first-order chi connectivity index (χ1) is 10.2. The number of nitrogens with one attached hydrogen (secondary N) is 1. The Morgan fingerprint density at radius 1 is 1.27 bits per heavy atom. The molecular formula is C16H26N4O2. The molecule has 122 valence electrons. The highest BCUT2D eigenvalue weighted by molar-refractivity contribution is 5.75. The number of piperidine rings is 1. The van der Waals surface area contributed by atoms with Gasteiger partial charge in [-0.25, -0.2) is 9.78 Å². The zero-order valence-corrected chi connectivity index (χ0v) is 14.1. The van der Waals surface area contributed by atoms with Crippen molar-refractivity contribution in [2.75, 3.05) is 13.1 Å². The van der Waals surface area contributed by atoms with Crippen molar-refractivity contribution in [3.63, 3.8) is 0 Å². The Morgan fingerprint density at radius 3 is 2.45 bits per heavy atom. The average molecular weight is 306 g/mol. The molecule has 0 spiro atoms. The number of aromatic nitrogens is 2. The number of ether oxygens (including phenoxy) is 1. The number of carbonyl (C=O) groups is 1. The number of rotatable bonds is 2. The average Bonchev–Trinajstić information content (AvgIpc) is 2.36. The van der Waals surface area contributed by atoms with Gasteiger partial charge in [-0.05, 0) is 34.6 Å². The summed E-state index contributed by atoms with van der Waals surface area (Å²) in [5.41, 5.74) is 0.699. The van der Waals surface area contributed by atoms with Crippen LogP contribution in [0.2, 0.25) is 0 Å². The number of nitrogens with zero attached hydrogens (tertiary/aromatic N) is 3. The second-order valence-electron chi connectivity index (χ2n) is 6.88. The lowest BCUT2D eigenvalue weighted by atomic mass is 10.1. The van der Waals surface area contributed by atoms with Crippen LogP contribution in [0.4, 0.5) is 4.79 Å². The van der Waals surface area contributed by atoms with Gasteiger partial charge in [0.05, 0.1) is 0 Å². The minimum absolute atomic E-state index is 0.000301. The number of carbonyl (C=O) groups excluding carboxylic acids is 1. The summed E-state index contributed by atoms with van der Waals surface area (Å²) >= 11 is 0. The SMILES string of the molecule is Cc1cc(OC2CCN(C(=O)NC(C)(C)C)CC2)nc(C)n1. The van der Waals surface area contributed by atoms with E-state index in [2.05, 4.69) is 15.3 Å². The van der Waals surface area contributed by atoms with E-state index in [-0.39, 0.29) is 17.7 Å². The van der Waals surface area contributed by atoms with Crippen LogP contribution in [0, 0.1) is 13.8 Å². The van der Waals surface area contributed by atoms with Crippen LogP contribution in [-0.4, -0.2) is 45.6 Å². The van der Waals surface area contributed by atoms with E-state index >= 15 is 0 Å². The highest BCUT2D eigenvalue weighted by Gasteiger charge is 2.26. The van der Waals surface area contributed by atoms with Crippen LogP contribution < -0.4 is 10.1 Å². The Hall–Kier alpha value is -1.85. The molecule has 0 saturated carbocycles. The van der Waals surface area contributed by atoms with Gasteiger partial charge in [0.15, 0.2) is 0 Å². The summed E-state index contributed by atoms with van der Waals surface area (Å²) in [6.07, 6.45) is 1.74. The third-order valence-electron chi connectivity index (χ3n) is 3.44. The monoisotopic (exact) mass is 306 g/mol. The topological polar surface area (TPSA) is 67.3 Å². The van der Waals surface area contributed by atoms with Gasteiger partial charge in [0.1, 0.15) is 11.9 Å². The number of aryl methyl sites for hydroxylation is 2. The quantitative estimate of drug-likeness (QED) is 0.911. The molecule has 1 fully saturated rings. The van der Waals surface area contributed by atoms with Gasteiger partial charge in [0.2, 0.25) is 5.88 Å². The summed E-state index contributed by atoms with van der Waals surface area (Å²) in [6, 6.07) is 1.85. The Labute approximate surface area is 132 Å². The highest BCUT2D eigenvalue weighted by atomic mass is 16.5. The van der Waals surface area contributed by atoms with Gasteiger partial charge in [-0.2, -0.15) is 4.98 Å². The van der Waals surface area contributed by atoms with Gasteiger partial charge in [-0.3, -0.25) is 0 Å². The molecule has 1 aromatic heterocycles. The van der Waals surface area contributed by atoms with Crippen LogP contribution >= 0.6 is 0 Å². The molecule has 22 heavy (non-hydrogen) atoms. The number of hydrogen-bond acceptors (Lipinski definition) is 4. The molecule has 2 heterocycles. The molecule has 6 heteroatoms. The lowest BCUT2D eigenvalue weighted by molar-refractivity contribution is 0.105. The normalized spacial score (nSPS) is 16.5. The van der Waals surface area contributed by atoms with E-state index in [0.717, 1.165) is 24.4 Å². The highest BCUT2D eigenvalue weighted by Crippen LogP contribution is 2.18. The lowest BCUT2D eigenvalue weighted by Gasteiger charge is -2.34. The van der Waals surface area contributed by atoms with Gasteiger partial charge >= 0.3 is 6.03 Å². The molecule has 0 aliphatic carbocycles. The molecule has 1 aliphatic rings. The summed E-state index contributed by atoms with van der Waals surface area (Å²) in [6.45, 7) is 11.2. The first-order valence-electron chi connectivity index (χ1n) is 7.79. The largest absolute Gasteiger partial charge is 0.474 e. The second-order valence-corrected chi connectivity index (χ2v) is 6.88. The molecule has 1 aromatic rings. The van der Waals surface area contributed by atoms with E-state index in [1.807, 2.05) is 45.6 Å². The fourth-order valence-corrected chi connectivity index (χ4v) is 2.49. The molecule has 6 nitrogen and oxygen atoms in total. The van der Waals surface area contributed by atoms with Crippen LogP contribution in [0.15, 0.2) is 6.07 Å². The molecule has 0 radical (unpaired) electrons. The van der Waals surface area contributed by atoms with Crippen molar-refractivity contribution in [3.8, 4) is 5.88 Å². The summed E-state index contributed by atoms with van der Waals surface area (Å²) in [7, 11) is 0. The molecule has 2 amide bonds. The van der Waals surface area contributed by atoms with Crippen LogP contribution in [0.5, 0.6) is 5.88 Å². The molecular weight excluding hydrogens is 280 g/mol. The number of urea groups is 1. The molecule has 1 N–H and O–H groups in total. The molecule has 2 rings (SSSR count). The third kappa shape index (κ3) is 4.86. The molecule has 0 atom stereocenters. The summed E-state index contributed by atoms with van der Waals surface area (Å²) < 4.78 is 5.94. The van der Waals surface area contributed by atoms with Crippen LogP contribution in [0.25, 0.3) is 0 Å². The minimum atomic E-state index is -0.208. The summed E-state index contributed by atoms with van der Waals surface area (Å²) in [5.74, 6) is 1.35. The van der Waals surface area contributed by atoms with E-state index in [1.165, 1.54) is 0 Å². The van der Waals surface area contributed by atoms with Crippen molar-refractivity contribution in [2.24, 2.45) is 0 Å². The molecule has 0 aromatic carbocycles. The standard InChI is InChI=1S/C16H26N4O2/c1-11-10-14(18-12(2)17-11)22-13-6-8-20(9-7-13)15(21)19-16(3,4)5/h10,13H,6-9H2,1-5H3,(H,19,21). The third-order valence-corrected chi connectivity index (χ3v) is 3.44. The maximum atomic E-state index is 12.1. The van der Waals surface area contributed by atoms with Crippen LogP contribution in [0.3, 0.4) is 0 Å². The van der Waals surface area contributed by atoms with Crippen molar-refractivity contribution < 1.29 is 9.53 Å². The Morgan fingerprint density at radius 2 is 1.91 bits per heavy atom. The predicted molar refractivity (Wildman–Crippen MR) is 85.0 cm³/mol. The first kappa shape index (κ1) is 16.5. The van der Waals surface area contributed by atoms with Crippen molar-refractivity contribution >= 4 is 6.03 Å². The van der Waals surface area contributed by atoms with Gasteiger partial charge in [0.25, 0.3) is 0 Å².